The fourth-order valence-corrected chi connectivity index (χ4v) is 4.93. The van der Waals surface area contributed by atoms with Crippen LogP contribution in [0.4, 0.5) is 5.69 Å². The number of hydrogen-bond acceptors (Lipinski definition) is 3. The van der Waals surface area contributed by atoms with Gasteiger partial charge in [0.25, 0.3) is 10.0 Å². The van der Waals surface area contributed by atoms with Crippen molar-refractivity contribution in [2.24, 2.45) is 0 Å². The average molecular weight is 471 g/mol. The average Bonchev–Trinajstić information content (AvgIpc) is 2.79. The van der Waals surface area contributed by atoms with Gasteiger partial charge >= 0.3 is 0 Å². The predicted octanol–water partition coefficient (Wildman–Crippen LogP) is 5.03. The van der Waals surface area contributed by atoms with Crippen molar-refractivity contribution >= 4 is 33.2 Å². The Morgan fingerprint density at radius 1 is 0.938 bits per heavy atom. The molecule has 0 aromatic heterocycles. The van der Waals surface area contributed by atoms with Crippen LogP contribution in [0.2, 0.25) is 5.02 Å². The number of halogens is 1. The molecule has 0 heterocycles. The minimum absolute atomic E-state index is 0.125. The van der Waals surface area contributed by atoms with Gasteiger partial charge in [-0.25, -0.2) is 8.42 Å². The fraction of sp³-hybridized carbons (Fsp3) is 0.240. The summed E-state index contributed by atoms with van der Waals surface area (Å²) in [7, 11) is -3.99. The Bertz CT molecular complexity index is 1190. The van der Waals surface area contributed by atoms with Gasteiger partial charge in [0, 0.05) is 11.6 Å². The van der Waals surface area contributed by atoms with Crippen LogP contribution in [0.15, 0.2) is 71.6 Å². The molecule has 0 aliphatic heterocycles. The number of amides is 1. The normalized spacial score (nSPS) is 11.2. The first kappa shape index (κ1) is 23.8. The monoisotopic (exact) mass is 470 g/mol. The van der Waals surface area contributed by atoms with Crippen LogP contribution in [0.25, 0.3) is 0 Å². The molecule has 0 fully saturated rings. The summed E-state index contributed by atoms with van der Waals surface area (Å²) in [6.07, 6.45) is 0.804. The molecule has 5 nitrogen and oxygen atoms in total. The van der Waals surface area contributed by atoms with E-state index in [-0.39, 0.29) is 11.4 Å². The Balaban J connectivity index is 1.90. The molecular weight excluding hydrogens is 444 g/mol. The van der Waals surface area contributed by atoms with Gasteiger partial charge in [0.05, 0.1) is 10.6 Å². The Labute approximate surface area is 195 Å². The SMILES string of the molecule is CCc1ccc(S(=O)(=O)N(CC(=O)NCc2ccc(C)cc2)c2cccc(Cl)c2C)cc1. The molecule has 0 radical (unpaired) electrons. The topological polar surface area (TPSA) is 66.5 Å². The Hall–Kier alpha value is -2.83. The number of anilines is 1. The standard InChI is InChI=1S/C25H27ClN2O3S/c1-4-20-12-14-22(15-13-20)32(30,31)28(24-7-5-6-23(26)19(24)3)17-25(29)27-16-21-10-8-18(2)9-11-21/h5-15H,4,16-17H2,1-3H3,(H,27,29). The van der Waals surface area contributed by atoms with Crippen LogP contribution in [0.3, 0.4) is 0 Å². The summed E-state index contributed by atoms with van der Waals surface area (Å²) in [5.74, 6) is -0.404. The van der Waals surface area contributed by atoms with Crippen molar-refractivity contribution in [3.8, 4) is 0 Å². The fourth-order valence-electron chi connectivity index (χ4n) is 3.28. The number of hydrogen-bond donors (Lipinski definition) is 1. The first-order valence-electron chi connectivity index (χ1n) is 10.4. The van der Waals surface area contributed by atoms with Crippen LogP contribution in [0.1, 0.15) is 29.2 Å². The maximum Gasteiger partial charge on any atom is 0.264 e. The minimum Gasteiger partial charge on any atom is -0.350 e. The zero-order valence-electron chi connectivity index (χ0n) is 18.4. The lowest BCUT2D eigenvalue weighted by molar-refractivity contribution is -0.119. The molecule has 7 heteroatoms. The van der Waals surface area contributed by atoms with Crippen molar-refractivity contribution < 1.29 is 13.2 Å². The third-order valence-corrected chi connectivity index (χ3v) is 7.51. The van der Waals surface area contributed by atoms with E-state index in [0.717, 1.165) is 27.4 Å². The van der Waals surface area contributed by atoms with Crippen molar-refractivity contribution in [1.29, 1.82) is 0 Å². The van der Waals surface area contributed by atoms with Crippen molar-refractivity contribution in [3.05, 3.63) is 94.0 Å². The molecule has 0 unspecified atom stereocenters. The zero-order valence-corrected chi connectivity index (χ0v) is 20.0. The second kappa shape index (κ2) is 10.2. The molecule has 168 valence electrons. The summed E-state index contributed by atoms with van der Waals surface area (Å²) in [6, 6.07) is 19.5. The lowest BCUT2D eigenvalue weighted by Crippen LogP contribution is -2.41. The molecule has 0 saturated heterocycles. The molecule has 3 aromatic carbocycles. The number of aryl methyl sites for hydroxylation is 2. The van der Waals surface area contributed by atoms with Gasteiger partial charge in [-0.3, -0.25) is 9.10 Å². The molecule has 3 aromatic rings. The molecule has 0 spiro atoms. The molecule has 0 bridgehead atoms. The third kappa shape index (κ3) is 5.50. The van der Waals surface area contributed by atoms with Crippen LogP contribution in [0, 0.1) is 13.8 Å². The zero-order chi connectivity index (χ0) is 23.3. The molecule has 0 saturated carbocycles. The highest BCUT2D eigenvalue weighted by molar-refractivity contribution is 7.92. The van der Waals surface area contributed by atoms with E-state index in [2.05, 4.69) is 5.32 Å². The highest BCUT2D eigenvalue weighted by atomic mass is 35.5. The van der Waals surface area contributed by atoms with Gasteiger partial charge in [-0.2, -0.15) is 0 Å². The largest absolute Gasteiger partial charge is 0.350 e. The van der Waals surface area contributed by atoms with Crippen LogP contribution in [-0.2, 0) is 27.8 Å². The molecule has 0 atom stereocenters. The van der Waals surface area contributed by atoms with Gasteiger partial charge in [-0.15, -0.1) is 0 Å². The molecular formula is C25H27ClN2O3S. The lowest BCUT2D eigenvalue weighted by atomic mass is 10.1. The van der Waals surface area contributed by atoms with Gasteiger partial charge in [0.1, 0.15) is 6.54 Å². The summed E-state index contributed by atoms with van der Waals surface area (Å²) in [5.41, 5.74) is 4.07. The molecule has 1 amide bonds. The number of rotatable bonds is 8. The quantitative estimate of drug-likeness (QED) is 0.502. The Morgan fingerprint density at radius 2 is 1.56 bits per heavy atom. The van der Waals surface area contributed by atoms with Gasteiger partial charge in [0.15, 0.2) is 0 Å². The first-order valence-corrected chi connectivity index (χ1v) is 12.2. The second-order valence-electron chi connectivity index (χ2n) is 7.66. The number of carbonyl (C=O) groups is 1. The highest BCUT2D eigenvalue weighted by Crippen LogP contribution is 2.31. The van der Waals surface area contributed by atoms with Crippen LogP contribution in [0.5, 0.6) is 0 Å². The molecule has 1 N–H and O–H groups in total. The van der Waals surface area contributed by atoms with Crippen LogP contribution in [-0.4, -0.2) is 20.9 Å². The summed E-state index contributed by atoms with van der Waals surface area (Å²) < 4.78 is 28.2. The van der Waals surface area contributed by atoms with Crippen molar-refractivity contribution in [2.45, 2.75) is 38.6 Å². The van der Waals surface area contributed by atoms with Crippen molar-refractivity contribution in [1.82, 2.24) is 5.32 Å². The van der Waals surface area contributed by atoms with Crippen molar-refractivity contribution in [3.63, 3.8) is 0 Å². The molecule has 0 aliphatic carbocycles. The molecule has 0 aliphatic rings. The van der Waals surface area contributed by atoms with E-state index in [4.69, 9.17) is 11.6 Å². The number of nitrogens with one attached hydrogen (secondary N) is 1. The smallest absolute Gasteiger partial charge is 0.264 e. The van der Waals surface area contributed by atoms with Gasteiger partial charge in [-0.1, -0.05) is 66.6 Å². The molecule has 32 heavy (non-hydrogen) atoms. The number of nitrogens with zero attached hydrogens (tertiary/aromatic N) is 1. The Kier molecular flexibility index (Phi) is 7.59. The van der Waals surface area contributed by atoms with E-state index in [1.165, 1.54) is 0 Å². The summed E-state index contributed by atoms with van der Waals surface area (Å²) in [5, 5.41) is 3.25. The highest BCUT2D eigenvalue weighted by Gasteiger charge is 2.28. The number of benzene rings is 3. The van der Waals surface area contributed by atoms with Crippen LogP contribution >= 0.6 is 11.6 Å². The predicted molar refractivity (Wildman–Crippen MR) is 130 cm³/mol. The summed E-state index contributed by atoms with van der Waals surface area (Å²) in [6.45, 7) is 5.69. The molecule has 3 rings (SSSR count). The number of sulfonamides is 1. The summed E-state index contributed by atoms with van der Waals surface area (Å²) >= 11 is 6.26. The van der Waals surface area contributed by atoms with Gasteiger partial charge < -0.3 is 5.32 Å². The van der Waals surface area contributed by atoms with Crippen molar-refractivity contribution in [2.75, 3.05) is 10.8 Å². The van der Waals surface area contributed by atoms with E-state index in [1.54, 1.807) is 49.4 Å². The van der Waals surface area contributed by atoms with Crippen LogP contribution < -0.4 is 9.62 Å². The minimum atomic E-state index is -3.99. The van der Waals surface area contributed by atoms with E-state index < -0.39 is 15.9 Å². The van der Waals surface area contributed by atoms with Gasteiger partial charge in [0.2, 0.25) is 5.91 Å². The Morgan fingerprint density at radius 3 is 2.19 bits per heavy atom. The van der Waals surface area contributed by atoms with E-state index in [9.17, 15) is 13.2 Å². The number of carbonyl (C=O) groups excluding carboxylic acids is 1. The van der Waals surface area contributed by atoms with E-state index in [0.29, 0.717) is 22.8 Å². The summed E-state index contributed by atoms with van der Waals surface area (Å²) in [4.78, 5) is 12.9. The first-order chi connectivity index (χ1) is 15.2. The van der Waals surface area contributed by atoms with E-state index in [1.807, 2.05) is 38.1 Å². The maximum absolute atomic E-state index is 13.5. The second-order valence-corrected chi connectivity index (χ2v) is 9.92. The third-order valence-electron chi connectivity index (χ3n) is 5.32. The maximum atomic E-state index is 13.5. The van der Waals surface area contributed by atoms with E-state index >= 15 is 0 Å². The lowest BCUT2D eigenvalue weighted by Gasteiger charge is -2.26. The van der Waals surface area contributed by atoms with Gasteiger partial charge in [-0.05, 0) is 61.2 Å².